The van der Waals surface area contributed by atoms with E-state index in [1.165, 1.54) is 13.2 Å². The predicted molar refractivity (Wildman–Crippen MR) is 117 cm³/mol. The monoisotopic (exact) mass is 406 g/mol. The van der Waals surface area contributed by atoms with Crippen molar-refractivity contribution in [2.24, 2.45) is 0 Å². The van der Waals surface area contributed by atoms with Gasteiger partial charge in [-0.1, -0.05) is 49.6 Å². The van der Waals surface area contributed by atoms with Crippen LogP contribution in [-0.2, 0) is 25.5 Å². The Kier molecular flexibility index (Phi) is 6.69. The maximum atomic E-state index is 12.3. The largest absolute Gasteiger partial charge is 0.468 e. The van der Waals surface area contributed by atoms with Gasteiger partial charge in [-0.3, -0.25) is 10.1 Å². The molecule has 1 aliphatic heterocycles. The highest BCUT2D eigenvalue weighted by Gasteiger charge is 2.34. The summed E-state index contributed by atoms with van der Waals surface area (Å²) in [4.78, 5) is 27.8. The summed E-state index contributed by atoms with van der Waals surface area (Å²) < 4.78 is 10.1. The van der Waals surface area contributed by atoms with Crippen LogP contribution in [0.25, 0.3) is 10.9 Å². The summed E-state index contributed by atoms with van der Waals surface area (Å²) >= 11 is 0. The maximum absolute atomic E-state index is 12.3. The van der Waals surface area contributed by atoms with Gasteiger partial charge in [0.2, 0.25) is 0 Å². The first kappa shape index (κ1) is 21.3. The normalized spacial score (nSPS) is 18.8. The molecule has 0 unspecified atom stereocenters. The van der Waals surface area contributed by atoms with Crippen molar-refractivity contribution in [2.75, 3.05) is 13.7 Å². The van der Waals surface area contributed by atoms with Gasteiger partial charge in [0.25, 0.3) is 0 Å². The SMILES string of the molecule is C=CCOC(=O)C(/C=C\C(=C)[C@@H]1N[C@@H](C(=O)OC)Cc2c1[nH]c1ccccc21)=C/C. The van der Waals surface area contributed by atoms with E-state index < -0.39 is 12.0 Å². The molecule has 0 spiro atoms. The van der Waals surface area contributed by atoms with Gasteiger partial charge < -0.3 is 14.5 Å². The first-order valence-electron chi connectivity index (χ1n) is 9.74. The molecule has 2 aromatic rings. The van der Waals surface area contributed by atoms with Crippen molar-refractivity contribution in [3.05, 3.63) is 84.1 Å². The standard InChI is InChI=1S/C24H26N2O4/c1-5-13-30-23(27)16(6-2)12-11-15(3)21-22-18(14-20(26-21)24(28)29-4)17-9-7-8-10-19(17)25-22/h5-12,20-21,25-26H,1,3,13-14H2,2,4H3/b12-11-,16-6+/t20-,21+/m1/s1. The Balaban J connectivity index is 1.92. The minimum Gasteiger partial charge on any atom is -0.468 e. The molecule has 2 atom stereocenters. The van der Waals surface area contributed by atoms with Crippen LogP contribution in [0.5, 0.6) is 0 Å². The molecule has 6 heteroatoms. The molecular formula is C24H26N2O4. The Morgan fingerprint density at radius 1 is 1.27 bits per heavy atom. The molecule has 6 nitrogen and oxygen atoms in total. The number of H-pyrrole nitrogens is 1. The zero-order valence-electron chi connectivity index (χ0n) is 17.2. The van der Waals surface area contributed by atoms with E-state index in [-0.39, 0.29) is 18.6 Å². The number of hydrogen-bond acceptors (Lipinski definition) is 5. The summed E-state index contributed by atoms with van der Waals surface area (Å²) in [6.45, 7) is 9.63. The molecule has 2 N–H and O–H groups in total. The van der Waals surface area contributed by atoms with Gasteiger partial charge in [0, 0.05) is 23.0 Å². The van der Waals surface area contributed by atoms with Crippen LogP contribution in [0.15, 0.2) is 72.9 Å². The van der Waals surface area contributed by atoms with Gasteiger partial charge in [-0.15, -0.1) is 0 Å². The van der Waals surface area contributed by atoms with Crippen LogP contribution in [0.1, 0.15) is 24.2 Å². The zero-order valence-corrected chi connectivity index (χ0v) is 17.2. The number of rotatable bonds is 7. The fourth-order valence-electron chi connectivity index (χ4n) is 3.61. The number of ether oxygens (including phenoxy) is 2. The maximum Gasteiger partial charge on any atom is 0.338 e. The molecule has 2 heterocycles. The molecule has 156 valence electrons. The minimum absolute atomic E-state index is 0.147. The van der Waals surface area contributed by atoms with Gasteiger partial charge in [0.05, 0.1) is 18.7 Å². The van der Waals surface area contributed by atoms with Crippen LogP contribution in [0.2, 0.25) is 0 Å². The van der Waals surface area contributed by atoms with E-state index in [9.17, 15) is 9.59 Å². The number of methoxy groups -OCH3 is 1. The highest BCUT2D eigenvalue weighted by atomic mass is 16.5. The molecule has 0 fully saturated rings. The van der Waals surface area contributed by atoms with Gasteiger partial charge in [-0.2, -0.15) is 0 Å². The van der Waals surface area contributed by atoms with Crippen LogP contribution >= 0.6 is 0 Å². The average molecular weight is 406 g/mol. The fraction of sp³-hybridized carbons (Fsp3) is 0.250. The third-order valence-corrected chi connectivity index (χ3v) is 5.12. The third kappa shape index (κ3) is 4.28. The first-order chi connectivity index (χ1) is 14.5. The van der Waals surface area contributed by atoms with Gasteiger partial charge in [0.15, 0.2) is 0 Å². The van der Waals surface area contributed by atoms with Crippen molar-refractivity contribution >= 4 is 22.8 Å². The van der Waals surface area contributed by atoms with E-state index in [0.717, 1.165) is 22.2 Å². The number of carbonyl (C=O) groups excluding carboxylic acids is 2. The summed E-state index contributed by atoms with van der Waals surface area (Å²) in [5.74, 6) is -0.758. The van der Waals surface area contributed by atoms with E-state index in [2.05, 4.69) is 23.5 Å². The summed E-state index contributed by atoms with van der Waals surface area (Å²) in [6, 6.07) is 7.16. The molecule has 0 bridgehead atoms. The molecule has 0 amide bonds. The lowest BCUT2D eigenvalue weighted by molar-refractivity contribution is -0.143. The van der Waals surface area contributed by atoms with E-state index in [1.807, 2.05) is 24.3 Å². The highest BCUT2D eigenvalue weighted by molar-refractivity contribution is 5.91. The zero-order chi connectivity index (χ0) is 21.7. The Labute approximate surface area is 175 Å². The molecule has 30 heavy (non-hydrogen) atoms. The topological polar surface area (TPSA) is 80.4 Å². The summed E-state index contributed by atoms with van der Waals surface area (Å²) in [5, 5.41) is 4.40. The molecule has 1 aromatic carbocycles. The van der Waals surface area contributed by atoms with Crippen LogP contribution in [0.3, 0.4) is 0 Å². The Morgan fingerprint density at radius 2 is 2.03 bits per heavy atom. The number of benzene rings is 1. The van der Waals surface area contributed by atoms with E-state index in [0.29, 0.717) is 17.6 Å². The Bertz CT molecular complexity index is 1040. The smallest absolute Gasteiger partial charge is 0.338 e. The number of allylic oxidation sites excluding steroid dienone is 1. The van der Waals surface area contributed by atoms with Crippen molar-refractivity contribution in [3.8, 4) is 0 Å². The molecule has 0 saturated heterocycles. The number of esters is 2. The number of hydrogen-bond donors (Lipinski definition) is 2. The molecule has 1 aliphatic rings. The van der Waals surface area contributed by atoms with Crippen molar-refractivity contribution in [2.45, 2.75) is 25.4 Å². The van der Waals surface area contributed by atoms with Crippen molar-refractivity contribution in [3.63, 3.8) is 0 Å². The van der Waals surface area contributed by atoms with E-state index in [4.69, 9.17) is 9.47 Å². The Morgan fingerprint density at radius 3 is 2.73 bits per heavy atom. The van der Waals surface area contributed by atoms with Gasteiger partial charge in [-0.05, 0) is 30.2 Å². The second kappa shape index (κ2) is 9.41. The van der Waals surface area contributed by atoms with Crippen molar-refractivity contribution in [1.82, 2.24) is 10.3 Å². The molecule has 0 saturated carbocycles. The molecular weight excluding hydrogens is 380 g/mol. The van der Waals surface area contributed by atoms with Gasteiger partial charge in [0.1, 0.15) is 12.6 Å². The highest BCUT2D eigenvalue weighted by Crippen LogP contribution is 2.35. The summed E-state index contributed by atoms with van der Waals surface area (Å²) in [6.07, 6.45) is 7.14. The van der Waals surface area contributed by atoms with E-state index in [1.54, 1.807) is 25.2 Å². The quantitative estimate of drug-likeness (QED) is 0.317. The fourth-order valence-corrected chi connectivity index (χ4v) is 3.61. The van der Waals surface area contributed by atoms with Crippen LogP contribution in [-0.4, -0.2) is 36.7 Å². The van der Waals surface area contributed by atoms with Gasteiger partial charge in [-0.25, -0.2) is 4.79 Å². The van der Waals surface area contributed by atoms with Crippen molar-refractivity contribution in [1.29, 1.82) is 0 Å². The summed E-state index contributed by atoms with van der Waals surface area (Å²) in [5.41, 5.74) is 4.14. The molecule has 1 aromatic heterocycles. The second-order valence-corrected chi connectivity index (χ2v) is 6.98. The van der Waals surface area contributed by atoms with Crippen LogP contribution < -0.4 is 5.32 Å². The average Bonchev–Trinajstić information content (AvgIpc) is 3.15. The second-order valence-electron chi connectivity index (χ2n) is 6.98. The predicted octanol–water partition coefficient (Wildman–Crippen LogP) is 3.68. The number of nitrogens with one attached hydrogen (secondary N) is 2. The number of aromatic amines is 1. The van der Waals surface area contributed by atoms with E-state index >= 15 is 0 Å². The number of fused-ring (bicyclic) bond motifs is 3. The van der Waals surface area contributed by atoms with Crippen molar-refractivity contribution < 1.29 is 19.1 Å². The lowest BCUT2D eigenvalue weighted by Crippen LogP contribution is -2.45. The number of carbonyl (C=O) groups is 2. The number of para-hydroxylation sites is 1. The first-order valence-corrected chi connectivity index (χ1v) is 9.74. The molecule has 0 aliphatic carbocycles. The lowest BCUT2D eigenvalue weighted by Gasteiger charge is -2.30. The summed E-state index contributed by atoms with van der Waals surface area (Å²) in [7, 11) is 1.38. The van der Waals surface area contributed by atoms with Gasteiger partial charge >= 0.3 is 11.9 Å². The molecule has 3 rings (SSSR count). The minimum atomic E-state index is -0.490. The lowest BCUT2D eigenvalue weighted by atomic mass is 9.90. The van der Waals surface area contributed by atoms with Crippen LogP contribution in [0.4, 0.5) is 0 Å². The Hall–Kier alpha value is -3.38. The number of aromatic nitrogens is 1. The van der Waals surface area contributed by atoms with Crippen LogP contribution in [0, 0.1) is 0 Å². The molecule has 0 radical (unpaired) electrons. The third-order valence-electron chi connectivity index (χ3n) is 5.12.